The molecule has 0 heterocycles. The first-order chi connectivity index (χ1) is 4.29. The van der Waals surface area contributed by atoms with Crippen LogP contribution in [0.1, 0.15) is 26.2 Å². The molecule has 0 spiro atoms. The first-order valence-electron chi connectivity index (χ1n) is 4.04. The number of rotatable bonds is 2. The summed E-state index contributed by atoms with van der Waals surface area (Å²) in [7, 11) is 0. The van der Waals surface area contributed by atoms with E-state index in [1.54, 1.807) is 0 Å². The van der Waals surface area contributed by atoms with Crippen molar-refractivity contribution in [2.24, 2.45) is 23.5 Å². The van der Waals surface area contributed by atoms with Crippen LogP contribution in [-0.2, 0) is 0 Å². The first kappa shape index (κ1) is 5.72. The second-order valence-corrected chi connectivity index (χ2v) is 3.79. The lowest BCUT2D eigenvalue weighted by Gasteiger charge is -2.06. The molecule has 2 fully saturated rings. The summed E-state index contributed by atoms with van der Waals surface area (Å²) in [5.41, 5.74) is 5.97. The zero-order valence-corrected chi connectivity index (χ0v) is 6.01. The molecule has 0 saturated heterocycles. The van der Waals surface area contributed by atoms with Crippen LogP contribution in [0.2, 0.25) is 0 Å². The average molecular weight is 125 g/mol. The zero-order chi connectivity index (χ0) is 6.43. The van der Waals surface area contributed by atoms with Gasteiger partial charge in [-0.3, -0.25) is 0 Å². The fourth-order valence-electron chi connectivity index (χ4n) is 1.72. The Morgan fingerprint density at radius 2 is 2.00 bits per heavy atom. The van der Waals surface area contributed by atoms with E-state index < -0.39 is 0 Å². The molecule has 2 aliphatic carbocycles. The largest absolute Gasteiger partial charge is 0.327 e. The maximum Gasteiger partial charge on any atom is 0.00982 e. The molecule has 0 aromatic carbocycles. The van der Waals surface area contributed by atoms with Crippen molar-refractivity contribution in [1.29, 1.82) is 0 Å². The third kappa shape index (κ3) is 0.983. The maximum atomic E-state index is 5.97. The van der Waals surface area contributed by atoms with Crippen LogP contribution < -0.4 is 5.73 Å². The second kappa shape index (κ2) is 1.72. The molecule has 0 aromatic rings. The van der Waals surface area contributed by atoms with Crippen molar-refractivity contribution in [2.75, 3.05) is 0 Å². The molecular weight excluding hydrogens is 110 g/mol. The van der Waals surface area contributed by atoms with Crippen molar-refractivity contribution in [3.05, 3.63) is 0 Å². The van der Waals surface area contributed by atoms with E-state index in [0.29, 0.717) is 6.04 Å². The Balaban J connectivity index is 1.83. The van der Waals surface area contributed by atoms with Crippen molar-refractivity contribution in [3.8, 4) is 0 Å². The van der Waals surface area contributed by atoms with Crippen molar-refractivity contribution in [1.82, 2.24) is 0 Å². The first-order valence-corrected chi connectivity index (χ1v) is 4.04. The van der Waals surface area contributed by atoms with Gasteiger partial charge < -0.3 is 5.73 Å². The van der Waals surface area contributed by atoms with Crippen molar-refractivity contribution >= 4 is 0 Å². The predicted octanol–water partition coefficient (Wildman–Crippen LogP) is 1.38. The van der Waals surface area contributed by atoms with Crippen LogP contribution in [0.25, 0.3) is 0 Å². The fourth-order valence-corrected chi connectivity index (χ4v) is 1.72. The summed E-state index contributed by atoms with van der Waals surface area (Å²) in [6, 6.07) is 0.569. The quantitative estimate of drug-likeness (QED) is 0.593. The number of nitrogens with two attached hydrogens (primary N) is 1. The number of hydrogen-bond acceptors (Lipinski definition) is 1. The molecule has 0 aliphatic heterocycles. The van der Waals surface area contributed by atoms with E-state index in [2.05, 4.69) is 6.92 Å². The highest BCUT2D eigenvalue weighted by Gasteiger charge is 2.44. The van der Waals surface area contributed by atoms with Gasteiger partial charge in [0.05, 0.1) is 0 Å². The molecule has 3 unspecified atom stereocenters. The average Bonchev–Trinajstić information content (AvgIpc) is 2.53. The zero-order valence-electron chi connectivity index (χ0n) is 6.01. The Morgan fingerprint density at radius 1 is 1.44 bits per heavy atom. The molecule has 0 radical (unpaired) electrons. The highest BCUT2D eigenvalue weighted by Crippen LogP contribution is 2.47. The molecule has 0 amide bonds. The van der Waals surface area contributed by atoms with E-state index in [0.717, 1.165) is 17.8 Å². The highest BCUT2D eigenvalue weighted by atomic mass is 14.7. The molecule has 1 heteroatoms. The third-order valence-electron chi connectivity index (χ3n) is 2.83. The monoisotopic (exact) mass is 125 g/mol. The van der Waals surface area contributed by atoms with Crippen molar-refractivity contribution < 1.29 is 0 Å². The van der Waals surface area contributed by atoms with Crippen LogP contribution in [0, 0.1) is 17.8 Å². The SMILES string of the molecule is CC1CC1C(N)C1CC1. The lowest BCUT2D eigenvalue weighted by atomic mass is 10.1. The minimum absolute atomic E-state index is 0.569. The lowest BCUT2D eigenvalue weighted by Crippen LogP contribution is -2.25. The Bertz CT molecular complexity index is 118. The minimum Gasteiger partial charge on any atom is -0.327 e. The molecule has 0 bridgehead atoms. The normalized spacial score (nSPS) is 44.7. The van der Waals surface area contributed by atoms with Gasteiger partial charge in [0.15, 0.2) is 0 Å². The van der Waals surface area contributed by atoms with Crippen LogP contribution in [0.4, 0.5) is 0 Å². The van der Waals surface area contributed by atoms with Gasteiger partial charge in [0.25, 0.3) is 0 Å². The van der Waals surface area contributed by atoms with Crippen molar-refractivity contribution in [3.63, 3.8) is 0 Å². The number of hydrogen-bond donors (Lipinski definition) is 1. The van der Waals surface area contributed by atoms with Gasteiger partial charge in [0.2, 0.25) is 0 Å². The van der Waals surface area contributed by atoms with Gasteiger partial charge >= 0.3 is 0 Å². The molecule has 2 rings (SSSR count). The van der Waals surface area contributed by atoms with Gasteiger partial charge in [0, 0.05) is 6.04 Å². The maximum absolute atomic E-state index is 5.97. The molecule has 3 atom stereocenters. The van der Waals surface area contributed by atoms with E-state index in [4.69, 9.17) is 5.73 Å². The molecule has 52 valence electrons. The molecule has 1 nitrogen and oxygen atoms in total. The van der Waals surface area contributed by atoms with E-state index in [1.807, 2.05) is 0 Å². The summed E-state index contributed by atoms with van der Waals surface area (Å²) < 4.78 is 0. The summed E-state index contributed by atoms with van der Waals surface area (Å²) in [6.45, 7) is 2.31. The van der Waals surface area contributed by atoms with E-state index in [1.165, 1.54) is 19.3 Å². The van der Waals surface area contributed by atoms with Gasteiger partial charge in [0.1, 0.15) is 0 Å². The standard InChI is InChI=1S/C8H15N/c1-5-4-7(5)8(9)6-2-3-6/h5-8H,2-4,9H2,1H3. The third-order valence-corrected chi connectivity index (χ3v) is 2.83. The summed E-state index contributed by atoms with van der Waals surface area (Å²) in [6.07, 6.45) is 4.21. The fraction of sp³-hybridized carbons (Fsp3) is 1.00. The molecule has 2 N–H and O–H groups in total. The predicted molar refractivity (Wildman–Crippen MR) is 38.0 cm³/mol. The summed E-state index contributed by atoms with van der Waals surface area (Å²) in [4.78, 5) is 0. The topological polar surface area (TPSA) is 26.0 Å². The van der Waals surface area contributed by atoms with Gasteiger partial charge in [-0.2, -0.15) is 0 Å². The minimum atomic E-state index is 0.569. The van der Waals surface area contributed by atoms with Gasteiger partial charge in [-0.25, -0.2) is 0 Å². The molecule has 2 saturated carbocycles. The Hall–Kier alpha value is -0.0400. The molecule has 0 aromatic heterocycles. The van der Waals surface area contributed by atoms with Crippen LogP contribution in [-0.4, -0.2) is 6.04 Å². The summed E-state index contributed by atoms with van der Waals surface area (Å²) in [5, 5.41) is 0. The highest BCUT2D eigenvalue weighted by molar-refractivity contribution is 4.97. The van der Waals surface area contributed by atoms with Gasteiger partial charge in [-0.15, -0.1) is 0 Å². The summed E-state index contributed by atoms with van der Waals surface area (Å²) >= 11 is 0. The van der Waals surface area contributed by atoms with Crippen LogP contribution in [0.15, 0.2) is 0 Å². The lowest BCUT2D eigenvalue weighted by molar-refractivity contribution is 0.506. The van der Waals surface area contributed by atoms with Crippen LogP contribution >= 0.6 is 0 Å². The van der Waals surface area contributed by atoms with E-state index in [9.17, 15) is 0 Å². The smallest absolute Gasteiger partial charge is 0.00982 e. The molecule has 9 heavy (non-hydrogen) atoms. The van der Waals surface area contributed by atoms with Crippen LogP contribution in [0.3, 0.4) is 0 Å². The Kier molecular flexibility index (Phi) is 1.10. The van der Waals surface area contributed by atoms with Crippen LogP contribution in [0.5, 0.6) is 0 Å². The Labute approximate surface area is 56.6 Å². The van der Waals surface area contributed by atoms with E-state index >= 15 is 0 Å². The second-order valence-electron chi connectivity index (χ2n) is 3.79. The molecule has 2 aliphatic rings. The van der Waals surface area contributed by atoms with Crippen molar-refractivity contribution in [2.45, 2.75) is 32.2 Å². The van der Waals surface area contributed by atoms with Gasteiger partial charge in [-0.1, -0.05) is 6.92 Å². The summed E-state index contributed by atoms with van der Waals surface area (Å²) in [5.74, 6) is 2.76. The van der Waals surface area contributed by atoms with Gasteiger partial charge in [-0.05, 0) is 37.0 Å². The van der Waals surface area contributed by atoms with E-state index in [-0.39, 0.29) is 0 Å². The molecular formula is C8H15N. The Morgan fingerprint density at radius 3 is 2.33 bits per heavy atom.